The van der Waals surface area contributed by atoms with Gasteiger partial charge in [-0.2, -0.15) is 0 Å². The molecule has 1 rings (SSSR count). The van der Waals surface area contributed by atoms with Crippen LogP contribution in [0.15, 0.2) is 23.1 Å². The van der Waals surface area contributed by atoms with E-state index in [9.17, 15) is 13.2 Å². The largest absolute Gasteiger partial charge is 0.330 e. The maximum Gasteiger partial charge on any atom is 0.240 e. The summed E-state index contributed by atoms with van der Waals surface area (Å²) in [4.78, 5) is 12.0. The van der Waals surface area contributed by atoms with E-state index in [2.05, 4.69) is 10.0 Å². The Kier molecular flexibility index (Phi) is 6.32. The molecule has 0 radical (unpaired) electrons. The van der Waals surface area contributed by atoms with Crippen LogP contribution in [0.2, 0.25) is 0 Å². The number of carbonyl (C=O) groups is 1. The van der Waals surface area contributed by atoms with Gasteiger partial charge in [-0.3, -0.25) is 4.79 Å². The second-order valence-corrected chi connectivity index (χ2v) is 6.97. The SMILES string of the molecule is CNS(=O)(=O)c1cc(NC(=O)CCC(C)CN)ccc1C. The van der Waals surface area contributed by atoms with Crippen molar-refractivity contribution in [2.24, 2.45) is 11.7 Å². The summed E-state index contributed by atoms with van der Waals surface area (Å²) in [6.45, 7) is 4.23. The predicted octanol–water partition coefficient (Wildman–Crippen LogP) is 1.22. The predicted molar refractivity (Wildman–Crippen MR) is 83.5 cm³/mol. The minimum Gasteiger partial charge on any atom is -0.330 e. The third kappa shape index (κ3) is 5.11. The van der Waals surface area contributed by atoms with Gasteiger partial charge in [-0.05, 0) is 50.6 Å². The highest BCUT2D eigenvalue weighted by Crippen LogP contribution is 2.20. The Morgan fingerprint density at radius 3 is 2.62 bits per heavy atom. The fourth-order valence-corrected chi connectivity index (χ4v) is 2.79. The lowest BCUT2D eigenvalue weighted by atomic mass is 10.1. The highest BCUT2D eigenvalue weighted by Gasteiger charge is 2.15. The van der Waals surface area contributed by atoms with Crippen LogP contribution in [0, 0.1) is 12.8 Å². The molecule has 21 heavy (non-hydrogen) atoms. The average molecular weight is 313 g/mol. The molecule has 0 bridgehead atoms. The van der Waals surface area contributed by atoms with Crippen molar-refractivity contribution in [3.63, 3.8) is 0 Å². The first-order chi connectivity index (χ1) is 9.80. The van der Waals surface area contributed by atoms with Gasteiger partial charge in [-0.15, -0.1) is 0 Å². The summed E-state index contributed by atoms with van der Waals surface area (Å²) < 4.78 is 26.0. The van der Waals surface area contributed by atoms with Gasteiger partial charge in [0.1, 0.15) is 0 Å². The maximum atomic E-state index is 11.9. The summed E-state index contributed by atoms with van der Waals surface area (Å²) in [6.07, 6.45) is 1.07. The van der Waals surface area contributed by atoms with Crippen LogP contribution in [-0.2, 0) is 14.8 Å². The highest BCUT2D eigenvalue weighted by atomic mass is 32.2. The molecule has 0 spiro atoms. The number of rotatable bonds is 7. The lowest BCUT2D eigenvalue weighted by Crippen LogP contribution is -2.20. The molecule has 0 aromatic heterocycles. The lowest BCUT2D eigenvalue weighted by Gasteiger charge is -2.11. The van der Waals surface area contributed by atoms with Crippen molar-refractivity contribution >= 4 is 21.6 Å². The number of nitrogens with one attached hydrogen (secondary N) is 2. The fraction of sp³-hybridized carbons (Fsp3) is 0.500. The summed E-state index contributed by atoms with van der Waals surface area (Å²) in [6, 6.07) is 4.82. The average Bonchev–Trinajstić information content (AvgIpc) is 2.46. The molecular weight excluding hydrogens is 290 g/mol. The van der Waals surface area contributed by atoms with Crippen molar-refractivity contribution in [2.75, 3.05) is 18.9 Å². The van der Waals surface area contributed by atoms with Crippen LogP contribution in [0.25, 0.3) is 0 Å². The van der Waals surface area contributed by atoms with Crippen LogP contribution < -0.4 is 15.8 Å². The van der Waals surface area contributed by atoms with E-state index in [-0.39, 0.29) is 16.7 Å². The third-order valence-corrected chi connectivity index (χ3v) is 4.85. The molecule has 1 aromatic carbocycles. The van der Waals surface area contributed by atoms with Gasteiger partial charge in [-0.1, -0.05) is 13.0 Å². The van der Waals surface area contributed by atoms with Gasteiger partial charge in [0.25, 0.3) is 0 Å². The number of hydrogen-bond acceptors (Lipinski definition) is 4. The molecule has 0 fully saturated rings. The Bertz CT molecular complexity index is 599. The first kappa shape index (κ1) is 17.6. The van der Waals surface area contributed by atoms with Crippen molar-refractivity contribution in [2.45, 2.75) is 31.6 Å². The van der Waals surface area contributed by atoms with E-state index in [0.717, 1.165) is 0 Å². The van der Waals surface area contributed by atoms with E-state index in [4.69, 9.17) is 5.73 Å². The quantitative estimate of drug-likeness (QED) is 0.704. The number of anilines is 1. The molecule has 0 heterocycles. The van der Waals surface area contributed by atoms with Gasteiger partial charge in [0.05, 0.1) is 4.90 Å². The molecule has 1 aromatic rings. The number of benzene rings is 1. The van der Waals surface area contributed by atoms with Crippen molar-refractivity contribution < 1.29 is 13.2 Å². The summed E-state index contributed by atoms with van der Waals surface area (Å²) in [5, 5.41) is 2.71. The van der Waals surface area contributed by atoms with Crippen LogP contribution in [-0.4, -0.2) is 27.9 Å². The summed E-state index contributed by atoms with van der Waals surface area (Å²) in [5.74, 6) is 0.140. The Balaban J connectivity index is 2.82. The Labute approximate surface area is 126 Å². The molecular formula is C14H23N3O3S. The van der Waals surface area contributed by atoms with E-state index in [1.807, 2.05) is 6.92 Å². The highest BCUT2D eigenvalue weighted by molar-refractivity contribution is 7.89. The van der Waals surface area contributed by atoms with Crippen LogP contribution in [0.5, 0.6) is 0 Å². The van der Waals surface area contributed by atoms with Crippen molar-refractivity contribution in [1.29, 1.82) is 0 Å². The second kappa shape index (κ2) is 7.53. The van der Waals surface area contributed by atoms with Crippen LogP contribution in [0.4, 0.5) is 5.69 Å². The Morgan fingerprint density at radius 2 is 2.05 bits per heavy atom. The van der Waals surface area contributed by atoms with E-state index in [1.165, 1.54) is 13.1 Å². The van der Waals surface area contributed by atoms with Crippen molar-refractivity contribution in [1.82, 2.24) is 4.72 Å². The smallest absolute Gasteiger partial charge is 0.240 e. The molecule has 0 aliphatic carbocycles. The monoisotopic (exact) mass is 313 g/mol. The summed E-state index contributed by atoms with van der Waals surface area (Å²) >= 11 is 0. The van der Waals surface area contributed by atoms with Crippen LogP contribution in [0.3, 0.4) is 0 Å². The van der Waals surface area contributed by atoms with Crippen LogP contribution >= 0.6 is 0 Å². The molecule has 6 nitrogen and oxygen atoms in total. The molecule has 0 saturated carbocycles. The molecule has 4 N–H and O–H groups in total. The van der Waals surface area contributed by atoms with Gasteiger partial charge >= 0.3 is 0 Å². The zero-order valence-electron chi connectivity index (χ0n) is 12.6. The molecule has 1 unspecified atom stereocenters. The topological polar surface area (TPSA) is 101 Å². The van der Waals surface area contributed by atoms with Gasteiger partial charge in [0, 0.05) is 12.1 Å². The third-order valence-electron chi connectivity index (χ3n) is 3.30. The maximum absolute atomic E-state index is 11.9. The molecule has 0 aliphatic rings. The van der Waals surface area contributed by atoms with Gasteiger partial charge < -0.3 is 11.1 Å². The summed E-state index contributed by atoms with van der Waals surface area (Å²) in [7, 11) is -2.18. The van der Waals surface area contributed by atoms with Gasteiger partial charge in [-0.25, -0.2) is 13.1 Å². The number of nitrogens with two attached hydrogens (primary N) is 1. The van der Waals surface area contributed by atoms with Crippen molar-refractivity contribution in [3.05, 3.63) is 23.8 Å². The normalized spacial score (nSPS) is 13.0. The molecule has 118 valence electrons. The molecule has 7 heteroatoms. The van der Waals surface area contributed by atoms with Gasteiger partial charge in [0.2, 0.25) is 15.9 Å². The van der Waals surface area contributed by atoms with Crippen molar-refractivity contribution in [3.8, 4) is 0 Å². The summed E-state index contributed by atoms with van der Waals surface area (Å²) in [5.41, 5.74) is 6.60. The standard InChI is InChI=1S/C14H23N3O3S/c1-10(9-15)4-7-14(18)17-12-6-5-11(2)13(8-12)21(19,20)16-3/h5-6,8,10,16H,4,7,9,15H2,1-3H3,(H,17,18). The molecule has 1 amide bonds. The van der Waals surface area contributed by atoms with Gasteiger partial charge in [0.15, 0.2) is 0 Å². The minimum absolute atomic E-state index is 0.146. The Hall–Kier alpha value is -1.44. The molecule has 0 saturated heterocycles. The van der Waals surface area contributed by atoms with E-state index < -0.39 is 10.0 Å². The number of sulfonamides is 1. The zero-order valence-corrected chi connectivity index (χ0v) is 13.5. The number of hydrogen-bond donors (Lipinski definition) is 3. The number of carbonyl (C=O) groups excluding carboxylic acids is 1. The lowest BCUT2D eigenvalue weighted by molar-refractivity contribution is -0.116. The van der Waals surface area contributed by atoms with Crippen LogP contribution in [0.1, 0.15) is 25.3 Å². The Morgan fingerprint density at radius 1 is 1.38 bits per heavy atom. The van der Waals surface area contributed by atoms with E-state index in [0.29, 0.717) is 30.6 Å². The number of aryl methyl sites for hydroxylation is 1. The molecule has 0 aliphatic heterocycles. The first-order valence-corrected chi connectivity index (χ1v) is 8.32. The van der Waals surface area contributed by atoms with E-state index in [1.54, 1.807) is 19.1 Å². The van der Waals surface area contributed by atoms with E-state index >= 15 is 0 Å². The fourth-order valence-electron chi connectivity index (χ4n) is 1.80. The number of amides is 1. The second-order valence-electron chi connectivity index (χ2n) is 5.12. The first-order valence-electron chi connectivity index (χ1n) is 6.84. The zero-order chi connectivity index (χ0) is 16.0. The minimum atomic E-state index is -3.53. The molecule has 1 atom stereocenters.